The number of benzene rings is 1. The Morgan fingerprint density at radius 3 is 2.60 bits per heavy atom. The number of nitro groups is 1. The number of nitrogen functional groups attached to an aromatic ring is 1. The fourth-order valence-corrected chi connectivity index (χ4v) is 3.21. The largest absolute Gasteiger partial charge is 0.393 e. The lowest BCUT2D eigenvalue weighted by atomic mass is 10.3. The molecule has 1 aromatic rings. The van der Waals surface area contributed by atoms with Gasteiger partial charge in [0, 0.05) is 20.2 Å². The molecule has 0 aliphatic heterocycles. The van der Waals surface area contributed by atoms with Crippen molar-refractivity contribution in [3.63, 3.8) is 0 Å². The van der Waals surface area contributed by atoms with E-state index in [1.54, 1.807) is 6.92 Å². The molecule has 0 fully saturated rings. The average Bonchev–Trinajstić information content (AvgIpc) is 2.37. The molecule has 0 bridgehead atoms. The van der Waals surface area contributed by atoms with E-state index >= 15 is 0 Å². The van der Waals surface area contributed by atoms with Crippen molar-refractivity contribution in [1.29, 1.82) is 0 Å². The summed E-state index contributed by atoms with van der Waals surface area (Å²) in [4.78, 5) is 9.81. The van der Waals surface area contributed by atoms with Gasteiger partial charge in [0.25, 0.3) is 0 Å². The van der Waals surface area contributed by atoms with Crippen LogP contribution in [-0.4, -0.2) is 44.5 Å². The summed E-state index contributed by atoms with van der Waals surface area (Å²) in [6, 6.07) is 3.35. The molecule has 1 rings (SSSR count). The number of hydrogen-bond donors (Lipinski definition) is 1. The quantitative estimate of drug-likeness (QED) is 0.473. The lowest BCUT2D eigenvalue weighted by molar-refractivity contribution is -0.386. The minimum Gasteiger partial charge on any atom is -0.393 e. The molecule has 0 amide bonds. The summed E-state index contributed by atoms with van der Waals surface area (Å²) in [6.07, 6.45) is 0. The lowest BCUT2D eigenvalue weighted by Gasteiger charge is -2.23. The highest BCUT2D eigenvalue weighted by molar-refractivity contribution is 7.89. The van der Waals surface area contributed by atoms with Crippen molar-refractivity contribution in [3.05, 3.63) is 28.3 Å². The molecule has 1 aromatic carbocycles. The first-order valence-corrected chi connectivity index (χ1v) is 7.17. The summed E-state index contributed by atoms with van der Waals surface area (Å²) in [5.41, 5.74) is 4.71. The van der Waals surface area contributed by atoms with E-state index in [1.807, 2.05) is 0 Å². The van der Waals surface area contributed by atoms with Gasteiger partial charge in [0.15, 0.2) is 4.90 Å². The number of methoxy groups -OCH3 is 1. The molecular formula is C11H17N3O5S. The SMILES string of the molecule is COCC(C)N(C)S(=O)(=O)c1cccc(N)c1[N+](=O)[O-]. The molecule has 0 saturated carbocycles. The summed E-state index contributed by atoms with van der Waals surface area (Å²) < 4.78 is 30.8. The second-order valence-corrected chi connectivity index (χ2v) is 6.24. The van der Waals surface area contributed by atoms with Crippen molar-refractivity contribution in [2.75, 3.05) is 26.5 Å². The van der Waals surface area contributed by atoms with Crippen molar-refractivity contribution in [2.24, 2.45) is 0 Å². The van der Waals surface area contributed by atoms with Crippen LogP contribution in [-0.2, 0) is 14.8 Å². The van der Waals surface area contributed by atoms with Gasteiger partial charge < -0.3 is 10.5 Å². The number of para-hydroxylation sites is 1. The summed E-state index contributed by atoms with van der Waals surface area (Å²) in [7, 11) is -1.24. The normalized spacial score (nSPS) is 13.4. The van der Waals surface area contributed by atoms with Gasteiger partial charge in [0.2, 0.25) is 10.0 Å². The molecule has 112 valence electrons. The second-order valence-electron chi connectivity index (χ2n) is 4.28. The Bertz CT molecular complexity index is 602. The topological polar surface area (TPSA) is 116 Å². The maximum atomic E-state index is 12.4. The standard InChI is InChI=1S/C11H17N3O5S/c1-8(7-19-3)13(2)20(17,18)10-6-4-5-9(12)11(10)14(15)16/h4-6,8H,7,12H2,1-3H3. The van der Waals surface area contributed by atoms with E-state index in [0.29, 0.717) is 0 Å². The van der Waals surface area contributed by atoms with E-state index < -0.39 is 31.6 Å². The molecule has 0 heterocycles. The van der Waals surface area contributed by atoms with Crippen LogP contribution in [0.25, 0.3) is 0 Å². The fourth-order valence-electron chi connectivity index (χ4n) is 1.68. The highest BCUT2D eigenvalue weighted by Crippen LogP contribution is 2.31. The van der Waals surface area contributed by atoms with Crippen molar-refractivity contribution in [1.82, 2.24) is 4.31 Å². The predicted molar refractivity (Wildman–Crippen MR) is 73.8 cm³/mol. The highest BCUT2D eigenvalue weighted by atomic mass is 32.2. The number of rotatable bonds is 6. The van der Waals surface area contributed by atoms with Crippen LogP contribution in [0, 0.1) is 10.1 Å². The van der Waals surface area contributed by atoms with Crippen LogP contribution in [0.5, 0.6) is 0 Å². The van der Waals surface area contributed by atoms with Crippen molar-refractivity contribution in [3.8, 4) is 0 Å². The molecule has 9 heteroatoms. The molecule has 0 spiro atoms. The van der Waals surface area contributed by atoms with E-state index in [4.69, 9.17) is 10.5 Å². The van der Waals surface area contributed by atoms with E-state index in [2.05, 4.69) is 0 Å². The molecule has 0 aliphatic carbocycles. The Balaban J connectivity index is 3.36. The first-order chi connectivity index (χ1) is 9.23. The molecule has 1 atom stereocenters. The number of ether oxygens (including phenoxy) is 1. The van der Waals surface area contributed by atoms with E-state index in [1.165, 1.54) is 32.4 Å². The van der Waals surface area contributed by atoms with Crippen LogP contribution >= 0.6 is 0 Å². The zero-order valence-corrected chi connectivity index (χ0v) is 12.3. The maximum absolute atomic E-state index is 12.4. The summed E-state index contributed by atoms with van der Waals surface area (Å²) in [6.45, 7) is 1.81. The van der Waals surface area contributed by atoms with Gasteiger partial charge in [-0.3, -0.25) is 10.1 Å². The van der Waals surface area contributed by atoms with Gasteiger partial charge >= 0.3 is 5.69 Å². The van der Waals surface area contributed by atoms with Gasteiger partial charge in [0.05, 0.1) is 11.5 Å². The van der Waals surface area contributed by atoms with Gasteiger partial charge in [-0.15, -0.1) is 0 Å². The Morgan fingerprint density at radius 2 is 2.10 bits per heavy atom. The Kier molecular flexibility index (Phi) is 5.03. The minimum atomic E-state index is -4.03. The van der Waals surface area contributed by atoms with Crippen molar-refractivity contribution < 1.29 is 18.1 Å². The molecule has 8 nitrogen and oxygen atoms in total. The molecule has 0 saturated heterocycles. The number of anilines is 1. The smallest absolute Gasteiger partial charge is 0.312 e. The van der Waals surface area contributed by atoms with Gasteiger partial charge in [-0.05, 0) is 19.1 Å². The Labute approximate surface area is 117 Å². The molecule has 1 unspecified atom stereocenters. The zero-order valence-electron chi connectivity index (χ0n) is 11.4. The van der Waals surface area contributed by atoms with Crippen molar-refractivity contribution in [2.45, 2.75) is 17.9 Å². The summed E-state index contributed by atoms with van der Waals surface area (Å²) in [5.74, 6) is 0. The first-order valence-electron chi connectivity index (χ1n) is 5.73. The second kappa shape index (κ2) is 6.16. The fraction of sp³-hybridized carbons (Fsp3) is 0.455. The van der Waals surface area contributed by atoms with E-state index in [-0.39, 0.29) is 12.3 Å². The molecule has 2 N–H and O–H groups in total. The number of nitrogens with zero attached hydrogens (tertiary/aromatic N) is 2. The van der Waals surface area contributed by atoms with Gasteiger partial charge in [0.1, 0.15) is 5.69 Å². The van der Waals surface area contributed by atoms with Crippen LogP contribution in [0.3, 0.4) is 0 Å². The highest BCUT2D eigenvalue weighted by Gasteiger charge is 2.33. The Hall–Kier alpha value is -1.71. The average molecular weight is 303 g/mol. The van der Waals surface area contributed by atoms with Gasteiger partial charge in [-0.25, -0.2) is 8.42 Å². The van der Waals surface area contributed by atoms with Crippen LogP contribution in [0.2, 0.25) is 0 Å². The third-order valence-corrected chi connectivity index (χ3v) is 4.90. The number of hydrogen-bond acceptors (Lipinski definition) is 6. The minimum absolute atomic E-state index is 0.172. The first kappa shape index (κ1) is 16.3. The third kappa shape index (κ3) is 3.06. The molecule has 0 radical (unpaired) electrons. The van der Waals surface area contributed by atoms with Crippen LogP contribution in [0.4, 0.5) is 11.4 Å². The number of nitro benzene ring substituents is 1. The van der Waals surface area contributed by atoms with E-state index in [9.17, 15) is 18.5 Å². The third-order valence-electron chi connectivity index (χ3n) is 2.90. The van der Waals surface area contributed by atoms with Crippen LogP contribution < -0.4 is 5.73 Å². The van der Waals surface area contributed by atoms with Gasteiger partial charge in [-0.1, -0.05) is 6.07 Å². The number of nitrogens with two attached hydrogens (primary N) is 1. The number of sulfonamides is 1. The molecule has 0 aromatic heterocycles. The van der Waals surface area contributed by atoms with Crippen molar-refractivity contribution >= 4 is 21.4 Å². The molecule has 20 heavy (non-hydrogen) atoms. The molecular weight excluding hydrogens is 286 g/mol. The predicted octanol–water partition coefficient (Wildman–Crippen LogP) is 0.832. The summed E-state index contributed by atoms with van der Waals surface area (Å²) in [5, 5.41) is 11.0. The van der Waals surface area contributed by atoms with Gasteiger partial charge in [-0.2, -0.15) is 4.31 Å². The summed E-state index contributed by atoms with van der Waals surface area (Å²) >= 11 is 0. The monoisotopic (exact) mass is 303 g/mol. The molecule has 0 aliphatic rings. The number of likely N-dealkylation sites (N-methyl/N-ethyl adjacent to an activating group) is 1. The zero-order chi connectivity index (χ0) is 15.5. The van der Waals surface area contributed by atoms with E-state index in [0.717, 1.165) is 4.31 Å². The lowest BCUT2D eigenvalue weighted by Crippen LogP contribution is -2.38. The van der Waals surface area contributed by atoms with Crippen LogP contribution in [0.1, 0.15) is 6.92 Å². The maximum Gasteiger partial charge on any atom is 0.312 e. The Morgan fingerprint density at radius 1 is 1.50 bits per heavy atom. The van der Waals surface area contributed by atoms with Crippen LogP contribution in [0.15, 0.2) is 23.1 Å².